The molecule has 4 rings (SSSR count). The Bertz CT molecular complexity index is 1050. The molecule has 2 heterocycles. The Morgan fingerprint density at radius 1 is 1.18 bits per heavy atom. The Labute approximate surface area is 167 Å². The molecule has 0 unspecified atom stereocenters. The molecule has 0 radical (unpaired) electrons. The van der Waals surface area contributed by atoms with E-state index in [4.69, 9.17) is 11.6 Å². The van der Waals surface area contributed by atoms with Crippen molar-refractivity contribution in [1.82, 2.24) is 14.8 Å². The van der Waals surface area contributed by atoms with Gasteiger partial charge in [0, 0.05) is 16.8 Å². The fourth-order valence-corrected chi connectivity index (χ4v) is 3.09. The Morgan fingerprint density at radius 3 is 2.68 bits per heavy atom. The number of aromatic nitrogens is 3. The van der Waals surface area contributed by atoms with Crippen LogP contribution in [0.3, 0.4) is 0 Å². The zero-order chi connectivity index (χ0) is 19.5. The van der Waals surface area contributed by atoms with Crippen molar-refractivity contribution in [2.24, 2.45) is 0 Å². The first kappa shape index (κ1) is 18.0. The van der Waals surface area contributed by atoms with Crippen LogP contribution in [0.4, 0.5) is 11.9 Å². The molecule has 140 valence electrons. The highest BCUT2D eigenvalue weighted by molar-refractivity contribution is 6.30. The van der Waals surface area contributed by atoms with Gasteiger partial charge in [-0.25, -0.2) is 4.68 Å². The van der Waals surface area contributed by atoms with E-state index in [1.54, 1.807) is 10.8 Å². The van der Waals surface area contributed by atoms with Crippen molar-refractivity contribution in [2.75, 3.05) is 10.6 Å². The number of fused-ring (bicyclic) bond motifs is 1. The van der Waals surface area contributed by atoms with Gasteiger partial charge in [0.2, 0.25) is 5.95 Å². The van der Waals surface area contributed by atoms with Crippen molar-refractivity contribution in [3.05, 3.63) is 88.6 Å². The third-order valence-electron chi connectivity index (χ3n) is 4.28. The van der Waals surface area contributed by atoms with Gasteiger partial charge in [0.15, 0.2) is 0 Å². The maximum Gasteiger partial charge on any atom is 0.250 e. The molecule has 1 aliphatic heterocycles. The summed E-state index contributed by atoms with van der Waals surface area (Å²) < 4.78 is 1.74. The van der Waals surface area contributed by atoms with Gasteiger partial charge in [0.1, 0.15) is 6.04 Å². The third kappa shape index (κ3) is 3.97. The number of anilines is 2. The monoisotopic (exact) mass is 391 g/mol. The second-order valence-corrected chi connectivity index (χ2v) is 6.84. The molecule has 7 heteroatoms. The number of halogens is 1. The van der Waals surface area contributed by atoms with Crippen molar-refractivity contribution in [3.8, 4) is 0 Å². The predicted octanol–water partition coefficient (Wildman–Crippen LogP) is 4.50. The van der Waals surface area contributed by atoms with E-state index in [0.717, 1.165) is 16.8 Å². The van der Waals surface area contributed by atoms with Crippen molar-refractivity contribution in [1.29, 1.82) is 0 Å². The normalized spacial score (nSPS) is 15.6. The first-order valence-corrected chi connectivity index (χ1v) is 9.18. The third-order valence-corrected chi connectivity index (χ3v) is 4.54. The first-order chi connectivity index (χ1) is 13.6. The van der Waals surface area contributed by atoms with Crippen LogP contribution >= 0.6 is 11.6 Å². The molecule has 1 aliphatic rings. The lowest BCUT2D eigenvalue weighted by Crippen LogP contribution is -2.19. The summed E-state index contributed by atoms with van der Waals surface area (Å²) in [6.45, 7) is 1.96. The maximum absolute atomic E-state index is 12.2. The SMILES string of the molecule is CC1=C[C@H](c2ccc(Cl)cc2)n2nc(NC(=O)/C=C/c3ccccc3)nc2N1. The molecule has 28 heavy (non-hydrogen) atoms. The molecule has 0 fully saturated rings. The summed E-state index contributed by atoms with van der Waals surface area (Å²) in [5.74, 6) is 0.522. The highest BCUT2D eigenvalue weighted by Crippen LogP contribution is 2.30. The van der Waals surface area contributed by atoms with Crippen LogP contribution < -0.4 is 10.6 Å². The molecule has 0 spiro atoms. The Hall–Kier alpha value is -3.38. The molecule has 0 bridgehead atoms. The quantitative estimate of drug-likeness (QED) is 0.642. The average molecular weight is 392 g/mol. The largest absolute Gasteiger partial charge is 0.329 e. The fraction of sp³-hybridized carbons (Fsp3) is 0.0952. The van der Waals surface area contributed by atoms with Gasteiger partial charge >= 0.3 is 0 Å². The summed E-state index contributed by atoms with van der Waals surface area (Å²) in [6.07, 6.45) is 5.25. The van der Waals surface area contributed by atoms with E-state index in [1.165, 1.54) is 6.08 Å². The van der Waals surface area contributed by atoms with Crippen molar-refractivity contribution in [2.45, 2.75) is 13.0 Å². The number of hydrogen-bond acceptors (Lipinski definition) is 4. The van der Waals surface area contributed by atoms with Crippen LogP contribution in [0.15, 0.2) is 72.4 Å². The van der Waals surface area contributed by atoms with Crippen LogP contribution in [0.2, 0.25) is 5.02 Å². The smallest absolute Gasteiger partial charge is 0.250 e. The zero-order valence-electron chi connectivity index (χ0n) is 15.1. The van der Waals surface area contributed by atoms with Gasteiger partial charge in [-0.05, 0) is 42.3 Å². The van der Waals surface area contributed by atoms with Crippen molar-refractivity contribution in [3.63, 3.8) is 0 Å². The minimum absolute atomic E-state index is 0.133. The van der Waals surface area contributed by atoms with E-state index in [9.17, 15) is 4.79 Å². The molecular weight excluding hydrogens is 374 g/mol. The number of rotatable bonds is 4. The summed E-state index contributed by atoms with van der Waals surface area (Å²) in [5, 5.41) is 11.0. The molecular formula is C21H18ClN5O. The van der Waals surface area contributed by atoms with Crippen LogP contribution in [-0.4, -0.2) is 20.7 Å². The summed E-state index contributed by atoms with van der Waals surface area (Å²) in [5.41, 5.74) is 2.93. The number of amides is 1. The molecule has 2 aromatic carbocycles. The number of benzene rings is 2. The van der Waals surface area contributed by atoms with E-state index < -0.39 is 0 Å². The van der Waals surface area contributed by atoms with E-state index in [-0.39, 0.29) is 17.9 Å². The molecule has 3 aromatic rings. The van der Waals surface area contributed by atoms with Crippen molar-refractivity contribution < 1.29 is 4.79 Å². The van der Waals surface area contributed by atoms with Gasteiger partial charge in [0.25, 0.3) is 11.9 Å². The first-order valence-electron chi connectivity index (χ1n) is 8.80. The van der Waals surface area contributed by atoms with Gasteiger partial charge in [0.05, 0.1) is 0 Å². The topological polar surface area (TPSA) is 71.8 Å². The molecule has 0 aliphatic carbocycles. The summed E-state index contributed by atoms with van der Waals surface area (Å²) in [4.78, 5) is 16.6. The lowest BCUT2D eigenvalue weighted by atomic mass is 10.1. The van der Waals surface area contributed by atoms with Crippen LogP contribution in [0, 0.1) is 0 Å². The van der Waals surface area contributed by atoms with Crippen LogP contribution in [0.25, 0.3) is 6.08 Å². The predicted molar refractivity (Wildman–Crippen MR) is 111 cm³/mol. The van der Waals surface area contributed by atoms with E-state index in [2.05, 4.69) is 20.7 Å². The number of nitrogens with one attached hydrogen (secondary N) is 2. The fourth-order valence-electron chi connectivity index (χ4n) is 2.97. The Morgan fingerprint density at radius 2 is 1.93 bits per heavy atom. The molecule has 1 aromatic heterocycles. The minimum atomic E-state index is -0.292. The van der Waals surface area contributed by atoms with E-state index >= 15 is 0 Å². The lowest BCUT2D eigenvalue weighted by Gasteiger charge is -2.22. The number of nitrogens with zero attached hydrogens (tertiary/aromatic N) is 3. The zero-order valence-corrected chi connectivity index (χ0v) is 15.9. The van der Waals surface area contributed by atoms with Gasteiger partial charge in [-0.2, -0.15) is 4.98 Å². The Balaban J connectivity index is 1.54. The molecule has 1 atom stereocenters. The molecule has 2 N–H and O–H groups in total. The minimum Gasteiger partial charge on any atom is -0.329 e. The second-order valence-electron chi connectivity index (χ2n) is 6.41. The molecule has 6 nitrogen and oxygen atoms in total. The Kier molecular flexibility index (Phi) is 4.95. The number of carbonyl (C=O) groups excluding carboxylic acids is 1. The van der Waals surface area contributed by atoms with Crippen LogP contribution in [0.5, 0.6) is 0 Å². The van der Waals surface area contributed by atoms with E-state index in [1.807, 2.05) is 67.6 Å². The summed E-state index contributed by atoms with van der Waals surface area (Å²) in [6, 6.07) is 17.1. The van der Waals surface area contributed by atoms with Gasteiger partial charge in [-0.3, -0.25) is 10.1 Å². The van der Waals surface area contributed by atoms with Gasteiger partial charge < -0.3 is 5.32 Å². The number of allylic oxidation sites excluding steroid dienone is 2. The number of hydrogen-bond donors (Lipinski definition) is 2. The standard InChI is InChI=1S/C21H18ClN5O/c1-14-13-18(16-8-10-17(22)11-9-16)27-21(23-14)25-20(26-27)24-19(28)12-7-15-5-3-2-4-6-15/h2-13,18H,1H3,(H2,23,24,25,26,28)/b12-7+/t18-/m1/s1. The second kappa shape index (κ2) is 7.70. The summed E-state index contributed by atoms with van der Waals surface area (Å²) in [7, 11) is 0. The highest BCUT2D eigenvalue weighted by Gasteiger charge is 2.23. The van der Waals surface area contributed by atoms with Crippen LogP contribution in [-0.2, 0) is 4.79 Å². The summed E-state index contributed by atoms with van der Waals surface area (Å²) >= 11 is 6.00. The molecule has 1 amide bonds. The van der Waals surface area contributed by atoms with Crippen LogP contribution in [0.1, 0.15) is 24.1 Å². The van der Waals surface area contributed by atoms with Gasteiger partial charge in [-0.15, -0.1) is 5.10 Å². The average Bonchev–Trinajstić information content (AvgIpc) is 3.09. The highest BCUT2D eigenvalue weighted by atomic mass is 35.5. The van der Waals surface area contributed by atoms with E-state index in [0.29, 0.717) is 11.0 Å². The van der Waals surface area contributed by atoms with Gasteiger partial charge in [-0.1, -0.05) is 54.1 Å². The molecule has 0 saturated heterocycles. The van der Waals surface area contributed by atoms with Crippen molar-refractivity contribution >= 4 is 35.5 Å². The maximum atomic E-state index is 12.2. The molecule has 0 saturated carbocycles. The lowest BCUT2D eigenvalue weighted by molar-refractivity contribution is -0.111. The number of carbonyl (C=O) groups is 1.